The third-order valence-corrected chi connectivity index (χ3v) is 4.03. The Labute approximate surface area is 152 Å². The summed E-state index contributed by atoms with van der Waals surface area (Å²) >= 11 is 0. The van der Waals surface area contributed by atoms with Gasteiger partial charge in [0.2, 0.25) is 0 Å². The fourth-order valence-electron chi connectivity index (χ4n) is 2.99. The molecule has 6 heteroatoms. The van der Waals surface area contributed by atoms with Crippen molar-refractivity contribution in [1.29, 1.82) is 0 Å². The van der Waals surface area contributed by atoms with E-state index in [-0.39, 0.29) is 24.8 Å². The molecule has 2 rings (SSSR count). The van der Waals surface area contributed by atoms with Crippen LogP contribution in [-0.2, 0) is 0 Å². The fourth-order valence-corrected chi connectivity index (χ4v) is 2.99. The summed E-state index contributed by atoms with van der Waals surface area (Å²) in [4.78, 5) is 2.58. The highest BCUT2D eigenvalue weighted by Gasteiger charge is 2.22. The SMILES string of the molecule is CCC[C@H](c1ccc(OCC)c(OC)c1)N1CCNCC1.Cl.Cl. The Morgan fingerprint density at radius 1 is 1.13 bits per heavy atom. The normalized spacial score (nSPS) is 16.0. The van der Waals surface area contributed by atoms with Gasteiger partial charge in [-0.25, -0.2) is 0 Å². The summed E-state index contributed by atoms with van der Waals surface area (Å²) < 4.78 is 11.1. The molecular formula is C17H30Cl2N2O2. The number of piperazine rings is 1. The van der Waals surface area contributed by atoms with Gasteiger partial charge in [0.15, 0.2) is 11.5 Å². The monoisotopic (exact) mass is 364 g/mol. The van der Waals surface area contributed by atoms with Crippen LogP contribution < -0.4 is 14.8 Å². The average molecular weight is 365 g/mol. The second-order valence-corrected chi connectivity index (χ2v) is 5.43. The third-order valence-electron chi connectivity index (χ3n) is 4.03. The van der Waals surface area contributed by atoms with Gasteiger partial charge in [0.1, 0.15) is 0 Å². The van der Waals surface area contributed by atoms with E-state index in [4.69, 9.17) is 9.47 Å². The molecule has 1 heterocycles. The van der Waals surface area contributed by atoms with Crippen LogP contribution >= 0.6 is 24.8 Å². The molecule has 0 aromatic heterocycles. The van der Waals surface area contributed by atoms with Crippen molar-refractivity contribution in [2.75, 3.05) is 39.9 Å². The van der Waals surface area contributed by atoms with Crippen LogP contribution in [0.2, 0.25) is 0 Å². The van der Waals surface area contributed by atoms with Crippen molar-refractivity contribution in [2.45, 2.75) is 32.7 Å². The van der Waals surface area contributed by atoms with E-state index in [0.29, 0.717) is 12.6 Å². The molecule has 1 aliphatic heterocycles. The smallest absolute Gasteiger partial charge is 0.161 e. The van der Waals surface area contributed by atoms with Crippen molar-refractivity contribution < 1.29 is 9.47 Å². The van der Waals surface area contributed by atoms with E-state index < -0.39 is 0 Å². The molecular weight excluding hydrogens is 335 g/mol. The molecule has 0 spiro atoms. The Balaban J connectivity index is 0.00000242. The lowest BCUT2D eigenvalue weighted by molar-refractivity contribution is 0.164. The quantitative estimate of drug-likeness (QED) is 0.799. The van der Waals surface area contributed by atoms with Crippen LogP contribution in [0.3, 0.4) is 0 Å². The number of benzene rings is 1. The van der Waals surface area contributed by atoms with Gasteiger partial charge in [0.25, 0.3) is 0 Å². The third kappa shape index (κ3) is 6.03. The van der Waals surface area contributed by atoms with Gasteiger partial charge in [-0.15, -0.1) is 24.8 Å². The predicted octanol–water partition coefficient (Wildman–Crippen LogP) is 3.68. The highest BCUT2D eigenvalue weighted by Crippen LogP contribution is 2.34. The first-order valence-corrected chi connectivity index (χ1v) is 8.05. The molecule has 1 N–H and O–H groups in total. The molecule has 0 bridgehead atoms. The molecule has 134 valence electrons. The first-order valence-electron chi connectivity index (χ1n) is 8.05. The van der Waals surface area contributed by atoms with Crippen LogP contribution in [0.25, 0.3) is 0 Å². The number of nitrogens with one attached hydrogen (secondary N) is 1. The molecule has 1 saturated heterocycles. The minimum atomic E-state index is 0. The number of ether oxygens (including phenoxy) is 2. The molecule has 4 nitrogen and oxygen atoms in total. The van der Waals surface area contributed by atoms with E-state index in [1.54, 1.807) is 7.11 Å². The highest BCUT2D eigenvalue weighted by molar-refractivity contribution is 5.85. The highest BCUT2D eigenvalue weighted by atomic mass is 35.5. The second kappa shape index (κ2) is 11.8. The van der Waals surface area contributed by atoms with Gasteiger partial charge in [-0.3, -0.25) is 4.90 Å². The van der Waals surface area contributed by atoms with E-state index in [1.165, 1.54) is 18.4 Å². The molecule has 0 saturated carbocycles. The van der Waals surface area contributed by atoms with E-state index in [0.717, 1.165) is 37.7 Å². The first-order chi connectivity index (χ1) is 10.3. The number of hydrogen-bond donors (Lipinski definition) is 1. The maximum absolute atomic E-state index is 5.62. The van der Waals surface area contributed by atoms with E-state index in [2.05, 4.69) is 29.3 Å². The topological polar surface area (TPSA) is 33.7 Å². The maximum atomic E-state index is 5.62. The number of nitrogens with zero attached hydrogens (tertiary/aromatic N) is 1. The summed E-state index contributed by atoms with van der Waals surface area (Å²) in [5.41, 5.74) is 1.33. The van der Waals surface area contributed by atoms with Gasteiger partial charge in [0.05, 0.1) is 13.7 Å². The van der Waals surface area contributed by atoms with Gasteiger partial charge in [-0.2, -0.15) is 0 Å². The standard InChI is InChI=1S/C17H28N2O2.2ClH/c1-4-6-15(19-11-9-18-10-12-19)14-7-8-16(21-5-2)17(13-14)20-3;;/h7-8,13,15,18H,4-6,9-12H2,1-3H3;2*1H/t15-;;/m1../s1. The maximum Gasteiger partial charge on any atom is 0.161 e. The van der Waals surface area contributed by atoms with Crippen LogP contribution in [0, 0.1) is 0 Å². The van der Waals surface area contributed by atoms with E-state index >= 15 is 0 Å². The number of methoxy groups -OCH3 is 1. The zero-order chi connectivity index (χ0) is 15.1. The summed E-state index contributed by atoms with van der Waals surface area (Å²) in [6.07, 6.45) is 2.36. The molecule has 23 heavy (non-hydrogen) atoms. The fraction of sp³-hybridized carbons (Fsp3) is 0.647. The van der Waals surface area contributed by atoms with Crippen LogP contribution in [0.15, 0.2) is 18.2 Å². The molecule has 1 aromatic carbocycles. The zero-order valence-corrected chi connectivity index (χ0v) is 16.0. The molecule has 0 radical (unpaired) electrons. The Morgan fingerprint density at radius 2 is 1.83 bits per heavy atom. The lowest BCUT2D eigenvalue weighted by Crippen LogP contribution is -2.45. The summed E-state index contributed by atoms with van der Waals surface area (Å²) in [5.74, 6) is 1.67. The Morgan fingerprint density at radius 3 is 2.39 bits per heavy atom. The zero-order valence-electron chi connectivity index (χ0n) is 14.3. The van der Waals surface area contributed by atoms with Crippen LogP contribution in [0.4, 0.5) is 0 Å². The molecule has 0 amide bonds. The number of hydrogen-bond acceptors (Lipinski definition) is 4. The summed E-state index contributed by atoms with van der Waals surface area (Å²) in [7, 11) is 1.71. The number of rotatable bonds is 7. The van der Waals surface area contributed by atoms with Crippen LogP contribution in [0.1, 0.15) is 38.3 Å². The molecule has 1 atom stereocenters. The second-order valence-electron chi connectivity index (χ2n) is 5.43. The van der Waals surface area contributed by atoms with Crippen molar-refractivity contribution in [3.63, 3.8) is 0 Å². The first kappa shape index (κ1) is 22.3. The Kier molecular flexibility index (Phi) is 11.4. The molecule has 1 aliphatic rings. The van der Waals surface area contributed by atoms with Gasteiger partial charge >= 0.3 is 0 Å². The van der Waals surface area contributed by atoms with Crippen LogP contribution in [0.5, 0.6) is 11.5 Å². The van der Waals surface area contributed by atoms with Gasteiger partial charge in [-0.05, 0) is 31.0 Å². The van der Waals surface area contributed by atoms with Crippen LogP contribution in [-0.4, -0.2) is 44.8 Å². The lowest BCUT2D eigenvalue weighted by atomic mass is 9.99. The van der Waals surface area contributed by atoms with Crippen molar-refractivity contribution >= 4 is 24.8 Å². The van der Waals surface area contributed by atoms with Gasteiger partial charge < -0.3 is 14.8 Å². The summed E-state index contributed by atoms with van der Waals surface area (Å²) in [6, 6.07) is 6.85. The molecule has 0 unspecified atom stereocenters. The number of halogens is 2. The summed E-state index contributed by atoms with van der Waals surface area (Å²) in [5, 5.41) is 3.43. The molecule has 0 aliphatic carbocycles. The van der Waals surface area contributed by atoms with E-state index in [1.807, 2.05) is 13.0 Å². The Hall–Kier alpha value is -0.680. The minimum absolute atomic E-state index is 0. The van der Waals surface area contributed by atoms with Gasteiger partial charge in [-0.1, -0.05) is 19.4 Å². The Bertz CT molecular complexity index is 441. The molecule has 1 fully saturated rings. The van der Waals surface area contributed by atoms with Crippen molar-refractivity contribution in [2.24, 2.45) is 0 Å². The lowest BCUT2D eigenvalue weighted by Gasteiger charge is -2.35. The minimum Gasteiger partial charge on any atom is -0.493 e. The van der Waals surface area contributed by atoms with Crippen molar-refractivity contribution in [1.82, 2.24) is 10.2 Å². The molecule has 1 aromatic rings. The van der Waals surface area contributed by atoms with Gasteiger partial charge in [0, 0.05) is 32.2 Å². The average Bonchev–Trinajstić information content (AvgIpc) is 2.54. The van der Waals surface area contributed by atoms with Crippen molar-refractivity contribution in [3.8, 4) is 11.5 Å². The van der Waals surface area contributed by atoms with Crippen molar-refractivity contribution in [3.05, 3.63) is 23.8 Å². The summed E-state index contributed by atoms with van der Waals surface area (Å²) in [6.45, 7) is 9.28. The van der Waals surface area contributed by atoms with E-state index in [9.17, 15) is 0 Å². The predicted molar refractivity (Wildman–Crippen MR) is 101 cm³/mol. The largest absolute Gasteiger partial charge is 0.493 e.